The number of ether oxygens (including phenoxy) is 1. The van der Waals surface area contributed by atoms with E-state index in [0.29, 0.717) is 20.6 Å². The standard InChI is InChI=1S/C22H19Cl3N2O4S/c1-31-20-9-5-15(22(28)26-13-16-4-8-18(24)11-19(16)25)10-21(20)32(29,30)27-12-14-2-6-17(23)7-3-14/h2-11,27H,12-13H2,1H3,(H,26,28). The molecule has 6 nitrogen and oxygen atoms in total. The number of halogens is 3. The zero-order valence-corrected chi connectivity index (χ0v) is 19.9. The fourth-order valence-electron chi connectivity index (χ4n) is 2.83. The number of benzene rings is 3. The highest BCUT2D eigenvalue weighted by Gasteiger charge is 2.21. The molecule has 2 N–H and O–H groups in total. The molecule has 0 saturated heterocycles. The molecule has 3 rings (SSSR count). The lowest BCUT2D eigenvalue weighted by Gasteiger charge is -2.13. The largest absolute Gasteiger partial charge is 0.495 e. The summed E-state index contributed by atoms with van der Waals surface area (Å²) in [5.74, 6) is -0.348. The lowest BCUT2D eigenvalue weighted by atomic mass is 10.2. The average molecular weight is 514 g/mol. The van der Waals surface area contributed by atoms with Gasteiger partial charge in [-0.25, -0.2) is 13.1 Å². The number of carbonyl (C=O) groups excluding carboxylic acids is 1. The number of hydrogen-bond donors (Lipinski definition) is 2. The van der Waals surface area contributed by atoms with Crippen LogP contribution in [0.2, 0.25) is 15.1 Å². The Morgan fingerprint density at radius 3 is 2.25 bits per heavy atom. The first-order chi connectivity index (χ1) is 15.2. The number of rotatable bonds is 8. The smallest absolute Gasteiger partial charge is 0.251 e. The summed E-state index contributed by atoms with van der Waals surface area (Å²) < 4.78 is 33.5. The van der Waals surface area contributed by atoms with Crippen molar-refractivity contribution < 1.29 is 17.9 Å². The number of hydrogen-bond acceptors (Lipinski definition) is 4. The fraction of sp³-hybridized carbons (Fsp3) is 0.136. The Labute approximate surface area is 201 Å². The Morgan fingerprint density at radius 1 is 0.906 bits per heavy atom. The Balaban J connectivity index is 1.77. The molecule has 0 saturated carbocycles. The van der Waals surface area contributed by atoms with Gasteiger partial charge in [0.2, 0.25) is 10.0 Å². The molecule has 10 heteroatoms. The molecule has 0 aliphatic carbocycles. The summed E-state index contributed by atoms with van der Waals surface area (Å²) in [6.07, 6.45) is 0. The van der Waals surface area contributed by atoms with Gasteiger partial charge in [-0.2, -0.15) is 0 Å². The third-order valence-corrected chi connectivity index (χ3v) is 6.81. The molecule has 1 amide bonds. The van der Waals surface area contributed by atoms with E-state index in [4.69, 9.17) is 39.5 Å². The normalized spacial score (nSPS) is 11.2. The Hall–Kier alpha value is -2.29. The maximum absolute atomic E-state index is 12.9. The van der Waals surface area contributed by atoms with Crippen molar-refractivity contribution in [2.45, 2.75) is 18.0 Å². The third kappa shape index (κ3) is 6.15. The van der Waals surface area contributed by atoms with Gasteiger partial charge >= 0.3 is 0 Å². The molecule has 0 radical (unpaired) electrons. The van der Waals surface area contributed by atoms with Gasteiger partial charge in [0.1, 0.15) is 10.6 Å². The molecule has 0 bridgehead atoms. The first kappa shape index (κ1) is 24.4. The van der Waals surface area contributed by atoms with Gasteiger partial charge in [0.15, 0.2) is 0 Å². The van der Waals surface area contributed by atoms with Crippen LogP contribution in [0.5, 0.6) is 5.75 Å². The fourth-order valence-corrected chi connectivity index (χ4v) is 4.64. The van der Waals surface area contributed by atoms with E-state index in [1.807, 2.05) is 0 Å². The van der Waals surface area contributed by atoms with Crippen LogP contribution in [0.3, 0.4) is 0 Å². The van der Waals surface area contributed by atoms with E-state index in [1.54, 1.807) is 42.5 Å². The lowest BCUT2D eigenvalue weighted by molar-refractivity contribution is 0.0950. The third-order valence-electron chi connectivity index (χ3n) is 4.55. The molecular formula is C22H19Cl3N2O4S. The molecule has 168 valence electrons. The van der Waals surface area contributed by atoms with Crippen LogP contribution in [-0.2, 0) is 23.1 Å². The van der Waals surface area contributed by atoms with E-state index in [0.717, 1.165) is 5.56 Å². The first-order valence-corrected chi connectivity index (χ1v) is 12.0. The Kier molecular flexibility index (Phi) is 8.03. The summed E-state index contributed by atoms with van der Waals surface area (Å²) in [6, 6.07) is 15.9. The van der Waals surface area contributed by atoms with Crippen molar-refractivity contribution in [3.63, 3.8) is 0 Å². The SMILES string of the molecule is COc1ccc(C(=O)NCc2ccc(Cl)cc2Cl)cc1S(=O)(=O)NCc1ccc(Cl)cc1. The van der Waals surface area contributed by atoms with Gasteiger partial charge < -0.3 is 10.1 Å². The van der Waals surface area contributed by atoms with E-state index < -0.39 is 15.9 Å². The molecule has 3 aromatic rings. The van der Waals surface area contributed by atoms with Gasteiger partial charge in [-0.1, -0.05) is 53.0 Å². The van der Waals surface area contributed by atoms with Crippen LogP contribution < -0.4 is 14.8 Å². The van der Waals surface area contributed by atoms with Crippen molar-refractivity contribution in [1.29, 1.82) is 0 Å². The van der Waals surface area contributed by atoms with Crippen LogP contribution in [0, 0.1) is 0 Å². The van der Waals surface area contributed by atoms with Crippen LogP contribution in [0.15, 0.2) is 65.6 Å². The van der Waals surface area contributed by atoms with E-state index in [-0.39, 0.29) is 29.3 Å². The lowest BCUT2D eigenvalue weighted by Crippen LogP contribution is -2.26. The summed E-state index contributed by atoms with van der Waals surface area (Å²) in [4.78, 5) is 12.5. The van der Waals surface area contributed by atoms with Gasteiger partial charge in [-0.15, -0.1) is 0 Å². The van der Waals surface area contributed by atoms with Gasteiger partial charge in [0.05, 0.1) is 7.11 Å². The van der Waals surface area contributed by atoms with E-state index in [9.17, 15) is 13.2 Å². The quantitative estimate of drug-likeness (QED) is 0.441. The second-order valence-corrected chi connectivity index (χ2v) is 9.75. The van der Waals surface area contributed by atoms with Crippen LogP contribution in [0.4, 0.5) is 0 Å². The molecule has 3 aromatic carbocycles. The van der Waals surface area contributed by atoms with Crippen molar-refractivity contribution >= 4 is 50.7 Å². The number of nitrogens with one attached hydrogen (secondary N) is 2. The molecule has 0 aromatic heterocycles. The maximum atomic E-state index is 12.9. The van der Waals surface area contributed by atoms with Gasteiger partial charge in [-0.3, -0.25) is 4.79 Å². The maximum Gasteiger partial charge on any atom is 0.251 e. The van der Waals surface area contributed by atoms with Crippen LogP contribution in [0.25, 0.3) is 0 Å². The average Bonchev–Trinajstić information content (AvgIpc) is 2.77. The van der Waals surface area contributed by atoms with Gasteiger partial charge in [-0.05, 0) is 53.6 Å². The van der Waals surface area contributed by atoms with E-state index in [2.05, 4.69) is 10.0 Å². The van der Waals surface area contributed by atoms with Gasteiger partial charge in [0.25, 0.3) is 5.91 Å². The Bertz CT molecular complexity index is 1230. The number of amides is 1. The zero-order chi connectivity index (χ0) is 23.3. The van der Waals surface area contributed by atoms with Crippen molar-refractivity contribution in [1.82, 2.24) is 10.0 Å². The zero-order valence-electron chi connectivity index (χ0n) is 16.9. The van der Waals surface area contributed by atoms with Crippen molar-refractivity contribution in [2.75, 3.05) is 7.11 Å². The predicted molar refractivity (Wildman–Crippen MR) is 126 cm³/mol. The van der Waals surface area contributed by atoms with Gasteiger partial charge in [0, 0.05) is 33.7 Å². The van der Waals surface area contributed by atoms with Crippen molar-refractivity contribution in [2.24, 2.45) is 0 Å². The highest BCUT2D eigenvalue weighted by atomic mass is 35.5. The summed E-state index contributed by atoms with van der Waals surface area (Å²) in [5, 5.41) is 4.18. The first-order valence-electron chi connectivity index (χ1n) is 9.34. The summed E-state index contributed by atoms with van der Waals surface area (Å²) in [6.45, 7) is 0.200. The molecular weight excluding hydrogens is 495 g/mol. The van der Waals surface area contributed by atoms with E-state index >= 15 is 0 Å². The minimum absolute atomic E-state index is 0.0497. The minimum Gasteiger partial charge on any atom is -0.495 e. The van der Waals surface area contributed by atoms with Crippen LogP contribution in [0.1, 0.15) is 21.5 Å². The molecule has 0 spiro atoms. The molecule has 0 unspecified atom stereocenters. The molecule has 32 heavy (non-hydrogen) atoms. The Morgan fingerprint density at radius 2 is 1.59 bits per heavy atom. The molecule has 0 atom stereocenters. The van der Waals surface area contributed by atoms with Crippen LogP contribution >= 0.6 is 34.8 Å². The van der Waals surface area contributed by atoms with Crippen LogP contribution in [-0.4, -0.2) is 21.4 Å². The molecule has 0 aliphatic heterocycles. The molecule has 0 heterocycles. The van der Waals surface area contributed by atoms with Crippen molar-refractivity contribution in [3.05, 3.63) is 92.4 Å². The summed E-state index contributed by atoms with van der Waals surface area (Å²) in [5.41, 5.74) is 1.56. The van der Waals surface area contributed by atoms with Crippen molar-refractivity contribution in [3.8, 4) is 5.75 Å². The second kappa shape index (κ2) is 10.6. The summed E-state index contributed by atoms with van der Waals surface area (Å²) >= 11 is 17.9. The molecule has 0 fully saturated rings. The highest BCUT2D eigenvalue weighted by Crippen LogP contribution is 2.26. The second-order valence-electron chi connectivity index (χ2n) is 6.74. The molecule has 0 aliphatic rings. The minimum atomic E-state index is -3.97. The highest BCUT2D eigenvalue weighted by molar-refractivity contribution is 7.89. The topological polar surface area (TPSA) is 84.5 Å². The number of carbonyl (C=O) groups is 1. The van der Waals surface area contributed by atoms with E-state index in [1.165, 1.54) is 25.3 Å². The summed E-state index contributed by atoms with van der Waals surface area (Å²) in [7, 11) is -2.61. The number of sulfonamides is 1. The number of methoxy groups -OCH3 is 1. The monoisotopic (exact) mass is 512 g/mol. The predicted octanol–water partition coefficient (Wildman–Crippen LogP) is 5.06.